The lowest BCUT2D eigenvalue weighted by molar-refractivity contribution is 0.344. The number of aromatic nitrogens is 2. The molecule has 0 atom stereocenters. The fourth-order valence-electron chi connectivity index (χ4n) is 2.00. The maximum absolute atomic E-state index is 8.88. The molecule has 1 aromatic heterocycles. The second-order valence-electron chi connectivity index (χ2n) is 4.72. The van der Waals surface area contributed by atoms with Crippen molar-refractivity contribution in [3.05, 3.63) is 64.1 Å². The number of hydrogen-bond acceptors (Lipinski definition) is 6. The third-order valence-corrected chi connectivity index (χ3v) is 5.40. The van der Waals surface area contributed by atoms with Crippen LogP contribution < -0.4 is 4.74 Å². The van der Waals surface area contributed by atoms with Gasteiger partial charge in [-0.15, -0.1) is 5.10 Å². The summed E-state index contributed by atoms with van der Waals surface area (Å²) in [6, 6.07) is 19.1. The predicted molar refractivity (Wildman–Crippen MR) is 99.7 cm³/mol. The van der Waals surface area contributed by atoms with Crippen molar-refractivity contribution in [2.75, 3.05) is 12.4 Å². The molecule has 0 amide bonds. The number of para-hydroxylation sites is 1. The normalized spacial score (nSPS) is 10.3. The van der Waals surface area contributed by atoms with Gasteiger partial charge in [0.1, 0.15) is 5.75 Å². The molecular weight excluding hydrogens is 358 g/mol. The summed E-state index contributed by atoms with van der Waals surface area (Å²) in [5.74, 6) is 1.46. The molecule has 120 valence electrons. The van der Waals surface area contributed by atoms with Gasteiger partial charge in [0, 0.05) is 5.75 Å². The van der Waals surface area contributed by atoms with Crippen LogP contribution in [0.1, 0.15) is 5.56 Å². The molecule has 0 radical (unpaired) electrons. The third-order valence-electron chi connectivity index (χ3n) is 3.07. The minimum absolute atomic E-state index is 0.539. The molecule has 4 nitrogen and oxygen atoms in total. The smallest absolute Gasteiger partial charge is 0.184 e. The summed E-state index contributed by atoms with van der Waals surface area (Å²) in [5.41, 5.74) is 1.56. The van der Waals surface area contributed by atoms with Crippen LogP contribution in [0.25, 0.3) is 5.69 Å². The van der Waals surface area contributed by atoms with Gasteiger partial charge in [-0.25, -0.2) is 4.68 Å². The van der Waals surface area contributed by atoms with E-state index in [9.17, 15) is 0 Å². The van der Waals surface area contributed by atoms with Crippen LogP contribution >= 0.6 is 35.3 Å². The number of nitriles is 1. The Morgan fingerprint density at radius 3 is 2.83 bits per heavy atom. The molecule has 0 saturated carbocycles. The standard InChI is InChI=1S/C17H13N3OS3/c18-12-13-5-4-8-15(11-13)21-9-10-23-16-19-20(17(22)24-16)14-6-2-1-3-7-14/h1-8,11H,9-10H2. The first-order valence-electron chi connectivity index (χ1n) is 7.17. The van der Waals surface area contributed by atoms with Crippen molar-refractivity contribution in [1.29, 1.82) is 5.26 Å². The minimum Gasteiger partial charge on any atom is -0.493 e. The van der Waals surface area contributed by atoms with Gasteiger partial charge in [0.25, 0.3) is 0 Å². The second-order valence-corrected chi connectivity index (χ2v) is 7.68. The summed E-state index contributed by atoms with van der Waals surface area (Å²) in [4.78, 5) is 0. The fourth-order valence-corrected chi connectivity index (χ4v) is 4.24. The molecule has 1 heterocycles. The maximum atomic E-state index is 8.88. The Bertz CT molecular complexity index is 913. The summed E-state index contributed by atoms with van der Waals surface area (Å²) in [7, 11) is 0. The van der Waals surface area contributed by atoms with Gasteiger partial charge >= 0.3 is 0 Å². The first-order chi connectivity index (χ1) is 11.8. The Labute approximate surface area is 153 Å². The van der Waals surface area contributed by atoms with Crippen molar-refractivity contribution < 1.29 is 4.74 Å². The molecule has 0 aliphatic carbocycles. The van der Waals surface area contributed by atoms with Crippen LogP contribution in [-0.2, 0) is 0 Å². The zero-order chi connectivity index (χ0) is 16.8. The second kappa shape index (κ2) is 8.11. The number of ether oxygens (including phenoxy) is 1. The van der Waals surface area contributed by atoms with E-state index in [1.807, 2.05) is 42.5 Å². The van der Waals surface area contributed by atoms with Gasteiger partial charge in [0.15, 0.2) is 8.29 Å². The van der Waals surface area contributed by atoms with Gasteiger partial charge in [-0.1, -0.05) is 47.4 Å². The summed E-state index contributed by atoms with van der Waals surface area (Å²) in [5, 5.41) is 13.4. The first-order valence-corrected chi connectivity index (χ1v) is 9.38. The molecule has 0 saturated heterocycles. The van der Waals surface area contributed by atoms with E-state index in [0.717, 1.165) is 19.7 Å². The third kappa shape index (κ3) is 4.23. The van der Waals surface area contributed by atoms with E-state index in [-0.39, 0.29) is 0 Å². The number of hydrogen-bond donors (Lipinski definition) is 0. The molecule has 0 N–H and O–H groups in total. The van der Waals surface area contributed by atoms with Crippen LogP contribution in [0, 0.1) is 15.3 Å². The first kappa shape index (κ1) is 16.7. The van der Waals surface area contributed by atoms with Gasteiger partial charge in [0.05, 0.1) is 23.9 Å². The SMILES string of the molecule is N#Cc1cccc(OCCSc2nn(-c3ccccc3)c(=S)s2)c1. The van der Waals surface area contributed by atoms with E-state index in [1.54, 1.807) is 28.6 Å². The van der Waals surface area contributed by atoms with E-state index < -0.39 is 0 Å². The van der Waals surface area contributed by atoms with E-state index in [2.05, 4.69) is 11.2 Å². The van der Waals surface area contributed by atoms with Crippen molar-refractivity contribution in [2.24, 2.45) is 0 Å². The van der Waals surface area contributed by atoms with Crippen LogP contribution in [0.15, 0.2) is 58.9 Å². The van der Waals surface area contributed by atoms with Crippen LogP contribution in [0.5, 0.6) is 5.75 Å². The van der Waals surface area contributed by atoms with Gasteiger partial charge in [-0.3, -0.25) is 0 Å². The Balaban J connectivity index is 1.56. The lowest BCUT2D eigenvalue weighted by Gasteiger charge is -2.05. The number of nitrogens with zero attached hydrogens (tertiary/aromatic N) is 3. The lowest BCUT2D eigenvalue weighted by Crippen LogP contribution is -2.00. The van der Waals surface area contributed by atoms with Gasteiger partial charge in [-0.05, 0) is 42.5 Å². The zero-order valence-electron chi connectivity index (χ0n) is 12.6. The van der Waals surface area contributed by atoms with E-state index in [0.29, 0.717) is 17.9 Å². The van der Waals surface area contributed by atoms with Crippen molar-refractivity contribution >= 4 is 35.3 Å². The Morgan fingerprint density at radius 2 is 2.04 bits per heavy atom. The van der Waals surface area contributed by atoms with E-state index in [4.69, 9.17) is 22.2 Å². The average Bonchev–Trinajstić information content (AvgIpc) is 3.00. The molecule has 0 bridgehead atoms. The Kier molecular flexibility index (Phi) is 5.64. The highest BCUT2D eigenvalue weighted by Gasteiger charge is 2.06. The van der Waals surface area contributed by atoms with Crippen LogP contribution in [-0.4, -0.2) is 22.1 Å². The zero-order valence-corrected chi connectivity index (χ0v) is 15.0. The summed E-state index contributed by atoms with van der Waals surface area (Å²) < 4.78 is 9.08. The fraction of sp³-hybridized carbons (Fsp3) is 0.118. The van der Waals surface area contributed by atoms with E-state index >= 15 is 0 Å². The minimum atomic E-state index is 0.539. The summed E-state index contributed by atoms with van der Waals surface area (Å²) in [6.45, 7) is 0.539. The molecule has 7 heteroatoms. The highest BCUT2D eigenvalue weighted by molar-refractivity contribution is 8.01. The van der Waals surface area contributed by atoms with Gasteiger partial charge in [0.2, 0.25) is 0 Å². The molecule has 2 aromatic carbocycles. The molecule has 0 aliphatic heterocycles. The average molecular weight is 372 g/mol. The molecule has 0 spiro atoms. The number of benzene rings is 2. The molecule has 24 heavy (non-hydrogen) atoms. The van der Waals surface area contributed by atoms with Crippen LogP contribution in [0.3, 0.4) is 0 Å². The Hall–Kier alpha value is -2.14. The number of thioether (sulfide) groups is 1. The van der Waals surface area contributed by atoms with Gasteiger partial charge < -0.3 is 4.74 Å². The van der Waals surface area contributed by atoms with E-state index in [1.165, 1.54) is 11.3 Å². The molecule has 0 fully saturated rings. The summed E-state index contributed by atoms with van der Waals surface area (Å²) in [6.07, 6.45) is 0. The molecule has 0 unspecified atom stereocenters. The number of rotatable bonds is 6. The van der Waals surface area contributed by atoms with Crippen LogP contribution in [0.2, 0.25) is 0 Å². The maximum Gasteiger partial charge on any atom is 0.184 e. The predicted octanol–water partition coefficient (Wildman–Crippen LogP) is 4.71. The molecule has 3 aromatic rings. The van der Waals surface area contributed by atoms with Crippen molar-refractivity contribution in [3.63, 3.8) is 0 Å². The van der Waals surface area contributed by atoms with Crippen LogP contribution in [0.4, 0.5) is 0 Å². The van der Waals surface area contributed by atoms with Crippen molar-refractivity contribution in [2.45, 2.75) is 4.34 Å². The topological polar surface area (TPSA) is 50.8 Å². The Morgan fingerprint density at radius 1 is 1.21 bits per heavy atom. The molecule has 3 rings (SSSR count). The van der Waals surface area contributed by atoms with Crippen molar-refractivity contribution in [3.8, 4) is 17.5 Å². The lowest BCUT2D eigenvalue weighted by atomic mass is 10.2. The molecular formula is C17H13N3OS3. The summed E-state index contributed by atoms with van der Waals surface area (Å²) >= 11 is 8.48. The van der Waals surface area contributed by atoms with Crippen molar-refractivity contribution in [1.82, 2.24) is 9.78 Å². The highest BCUT2D eigenvalue weighted by atomic mass is 32.2. The quantitative estimate of drug-likeness (QED) is 0.357. The van der Waals surface area contributed by atoms with Gasteiger partial charge in [-0.2, -0.15) is 5.26 Å². The highest BCUT2D eigenvalue weighted by Crippen LogP contribution is 2.24. The largest absolute Gasteiger partial charge is 0.493 e. The molecule has 0 aliphatic rings. The monoisotopic (exact) mass is 371 g/mol.